The lowest BCUT2D eigenvalue weighted by Crippen LogP contribution is -2.17. The van der Waals surface area contributed by atoms with Crippen LogP contribution in [0.25, 0.3) is 10.9 Å². The molecule has 3 rings (SSSR count). The van der Waals surface area contributed by atoms with E-state index in [-0.39, 0.29) is 5.91 Å². The molecule has 0 radical (unpaired) electrons. The summed E-state index contributed by atoms with van der Waals surface area (Å²) >= 11 is 6.14. The van der Waals surface area contributed by atoms with E-state index in [4.69, 9.17) is 16.3 Å². The normalized spacial score (nSPS) is 10.7. The van der Waals surface area contributed by atoms with Crippen LogP contribution in [0.5, 0.6) is 5.75 Å². The van der Waals surface area contributed by atoms with Crippen molar-refractivity contribution in [3.05, 3.63) is 64.3 Å². The van der Waals surface area contributed by atoms with E-state index in [2.05, 4.69) is 10.3 Å². The summed E-state index contributed by atoms with van der Waals surface area (Å²) in [6.45, 7) is 3.96. The van der Waals surface area contributed by atoms with Crippen LogP contribution >= 0.6 is 11.6 Å². The summed E-state index contributed by atoms with van der Waals surface area (Å²) in [6, 6.07) is 13.0. The first-order chi connectivity index (χ1) is 12.0. The Morgan fingerprint density at radius 3 is 2.68 bits per heavy atom. The number of nitrogens with zero attached hydrogens (tertiary/aromatic N) is 1. The van der Waals surface area contributed by atoms with Crippen molar-refractivity contribution in [3.63, 3.8) is 0 Å². The van der Waals surface area contributed by atoms with E-state index in [0.29, 0.717) is 28.4 Å². The van der Waals surface area contributed by atoms with Crippen LogP contribution in [0.3, 0.4) is 0 Å². The molecule has 0 aliphatic heterocycles. The van der Waals surface area contributed by atoms with Gasteiger partial charge in [0.2, 0.25) is 0 Å². The number of hydrogen-bond donors (Lipinski definition) is 1. The highest BCUT2D eigenvalue weighted by Crippen LogP contribution is 2.28. The van der Waals surface area contributed by atoms with Gasteiger partial charge in [0.15, 0.2) is 0 Å². The van der Waals surface area contributed by atoms with E-state index < -0.39 is 0 Å². The maximum Gasteiger partial charge on any atom is 0.257 e. The Morgan fingerprint density at radius 2 is 2.00 bits per heavy atom. The van der Waals surface area contributed by atoms with Crippen LogP contribution in [-0.2, 0) is 6.42 Å². The van der Waals surface area contributed by atoms with Crippen LogP contribution in [-0.4, -0.2) is 18.0 Å². The summed E-state index contributed by atoms with van der Waals surface area (Å²) in [5, 5.41) is 4.34. The number of hydrogen-bond acceptors (Lipinski definition) is 3. The minimum Gasteiger partial charge on any atom is -0.495 e. The number of aryl methyl sites for hydroxylation is 2. The number of nitrogens with one attached hydrogen (secondary N) is 1. The van der Waals surface area contributed by atoms with Crippen molar-refractivity contribution in [2.75, 3.05) is 12.4 Å². The number of halogens is 1. The Bertz CT molecular complexity index is 954. The van der Waals surface area contributed by atoms with Gasteiger partial charge in [-0.05, 0) is 43.2 Å². The van der Waals surface area contributed by atoms with E-state index in [1.54, 1.807) is 25.3 Å². The molecular formula is C20H19ClN2O2. The zero-order chi connectivity index (χ0) is 18.0. The van der Waals surface area contributed by atoms with Crippen LogP contribution in [0.1, 0.15) is 28.5 Å². The maximum absolute atomic E-state index is 12.9. The fourth-order valence-corrected chi connectivity index (χ4v) is 3.19. The molecule has 128 valence electrons. The first-order valence-corrected chi connectivity index (χ1v) is 8.46. The number of ether oxygens (including phenoxy) is 1. The van der Waals surface area contributed by atoms with Crippen molar-refractivity contribution >= 4 is 34.1 Å². The molecule has 0 fully saturated rings. The largest absolute Gasteiger partial charge is 0.495 e. The Labute approximate surface area is 151 Å². The molecule has 1 N–H and O–H groups in total. The van der Waals surface area contributed by atoms with Gasteiger partial charge in [0.1, 0.15) is 5.75 Å². The number of aromatic nitrogens is 1. The fourth-order valence-electron chi connectivity index (χ4n) is 2.94. The standard InChI is InChI=1S/C20H19ClN2O2/c1-4-16-19(12(2)14-7-5-6-8-17(14)23-16)20(24)22-13-9-10-18(25-3)15(21)11-13/h5-11H,4H2,1-3H3,(H,22,24). The first kappa shape index (κ1) is 17.2. The maximum atomic E-state index is 12.9. The fraction of sp³-hybridized carbons (Fsp3) is 0.200. The quantitative estimate of drug-likeness (QED) is 0.715. The first-order valence-electron chi connectivity index (χ1n) is 8.08. The molecule has 0 saturated carbocycles. The molecule has 1 heterocycles. The highest BCUT2D eigenvalue weighted by Gasteiger charge is 2.18. The van der Waals surface area contributed by atoms with Gasteiger partial charge in [-0.2, -0.15) is 0 Å². The Balaban J connectivity index is 2.02. The van der Waals surface area contributed by atoms with Crippen LogP contribution in [0, 0.1) is 6.92 Å². The summed E-state index contributed by atoms with van der Waals surface area (Å²) in [7, 11) is 1.55. The van der Waals surface area contributed by atoms with Gasteiger partial charge in [0, 0.05) is 11.1 Å². The van der Waals surface area contributed by atoms with Gasteiger partial charge in [0.25, 0.3) is 5.91 Å². The molecule has 0 unspecified atom stereocenters. The van der Waals surface area contributed by atoms with Crippen LogP contribution in [0.2, 0.25) is 5.02 Å². The molecule has 0 atom stereocenters. The van der Waals surface area contributed by atoms with Gasteiger partial charge in [-0.15, -0.1) is 0 Å². The lowest BCUT2D eigenvalue weighted by Gasteiger charge is -2.14. The molecule has 4 nitrogen and oxygen atoms in total. The molecule has 1 aromatic heterocycles. The molecular weight excluding hydrogens is 336 g/mol. The van der Waals surface area contributed by atoms with Gasteiger partial charge < -0.3 is 10.1 Å². The lowest BCUT2D eigenvalue weighted by atomic mass is 9.99. The molecule has 5 heteroatoms. The molecule has 0 aliphatic carbocycles. The van der Waals surface area contributed by atoms with Crippen molar-refractivity contribution < 1.29 is 9.53 Å². The summed E-state index contributed by atoms with van der Waals surface area (Å²) in [6.07, 6.45) is 0.678. The number of benzene rings is 2. The Morgan fingerprint density at radius 1 is 1.24 bits per heavy atom. The van der Waals surface area contributed by atoms with Crippen molar-refractivity contribution in [2.24, 2.45) is 0 Å². The monoisotopic (exact) mass is 354 g/mol. The van der Waals surface area contributed by atoms with Gasteiger partial charge >= 0.3 is 0 Å². The third-order valence-electron chi connectivity index (χ3n) is 4.20. The molecule has 3 aromatic rings. The summed E-state index contributed by atoms with van der Waals surface area (Å²) < 4.78 is 5.14. The van der Waals surface area contributed by atoms with Crippen molar-refractivity contribution in [3.8, 4) is 5.75 Å². The lowest BCUT2D eigenvalue weighted by molar-refractivity contribution is 0.102. The number of amides is 1. The van der Waals surface area contributed by atoms with Gasteiger partial charge in [-0.3, -0.25) is 9.78 Å². The van der Waals surface area contributed by atoms with E-state index in [1.165, 1.54) is 0 Å². The van der Waals surface area contributed by atoms with Crippen molar-refractivity contribution in [1.82, 2.24) is 4.98 Å². The number of anilines is 1. The predicted octanol–water partition coefficient (Wildman–Crippen LogP) is 5.02. The van der Waals surface area contributed by atoms with Gasteiger partial charge in [-0.25, -0.2) is 0 Å². The Kier molecular flexibility index (Phi) is 4.91. The topological polar surface area (TPSA) is 51.2 Å². The summed E-state index contributed by atoms with van der Waals surface area (Å²) in [4.78, 5) is 17.6. The highest BCUT2D eigenvalue weighted by molar-refractivity contribution is 6.32. The third kappa shape index (κ3) is 3.30. The number of carbonyl (C=O) groups excluding carboxylic acids is 1. The molecule has 2 aromatic carbocycles. The summed E-state index contributed by atoms with van der Waals surface area (Å²) in [5.41, 5.74) is 3.85. The van der Waals surface area contributed by atoms with Gasteiger partial charge in [0.05, 0.1) is 28.9 Å². The third-order valence-corrected chi connectivity index (χ3v) is 4.49. The van der Waals surface area contributed by atoms with E-state index in [0.717, 1.165) is 22.2 Å². The van der Waals surface area contributed by atoms with E-state index in [9.17, 15) is 4.79 Å². The number of para-hydroxylation sites is 1. The number of rotatable bonds is 4. The van der Waals surface area contributed by atoms with Crippen LogP contribution in [0.4, 0.5) is 5.69 Å². The van der Waals surface area contributed by atoms with Crippen molar-refractivity contribution in [2.45, 2.75) is 20.3 Å². The highest BCUT2D eigenvalue weighted by atomic mass is 35.5. The number of pyridine rings is 1. The SMILES string of the molecule is CCc1nc2ccccc2c(C)c1C(=O)Nc1ccc(OC)c(Cl)c1. The second-order valence-corrected chi connectivity index (χ2v) is 6.14. The zero-order valence-corrected chi connectivity index (χ0v) is 15.1. The van der Waals surface area contributed by atoms with Crippen molar-refractivity contribution in [1.29, 1.82) is 0 Å². The molecule has 0 aliphatic rings. The molecule has 0 bridgehead atoms. The molecule has 0 saturated heterocycles. The average molecular weight is 355 g/mol. The van der Waals surface area contributed by atoms with Crippen LogP contribution in [0.15, 0.2) is 42.5 Å². The number of methoxy groups -OCH3 is 1. The van der Waals surface area contributed by atoms with Gasteiger partial charge in [-0.1, -0.05) is 36.7 Å². The summed E-state index contributed by atoms with van der Waals surface area (Å²) in [5.74, 6) is 0.381. The smallest absolute Gasteiger partial charge is 0.257 e. The number of carbonyl (C=O) groups is 1. The van der Waals surface area contributed by atoms with E-state index in [1.807, 2.05) is 38.1 Å². The second-order valence-electron chi connectivity index (χ2n) is 5.73. The average Bonchev–Trinajstić information content (AvgIpc) is 2.61. The van der Waals surface area contributed by atoms with E-state index >= 15 is 0 Å². The molecule has 0 spiro atoms. The number of fused-ring (bicyclic) bond motifs is 1. The Hall–Kier alpha value is -2.59. The molecule has 25 heavy (non-hydrogen) atoms. The zero-order valence-electron chi connectivity index (χ0n) is 14.4. The predicted molar refractivity (Wildman–Crippen MR) is 102 cm³/mol. The minimum atomic E-state index is -0.186. The second kappa shape index (κ2) is 7.11. The molecule has 1 amide bonds. The van der Waals surface area contributed by atoms with Crippen LogP contribution < -0.4 is 10.1 Å². The minimum absolute atomic E-state index is 0.186.